The van der Waals surface area contributed by atoms with Crippen LogP contribution in [0.25, 0.3) is 0 Å². The number of nitrogens with zero attached hydrogens (tertiary/aromatic N) is 2. The second-order valence-corrected chi connectivity index (χ2v) is 4.86. The summed E-state index contributed by atoms with van der Waals surface area (Å²) in [5.41, 5.74) is 0.338. The predicted octanol–water partition coefficient (Wildman–Crippen LogP) is 1.47. The van der Waals surface area contributed by atoms with Gasteiger partial charge in [-0.2, -0.15) is 13.2 Å². The molecule has 0 saturated carbocycles. The maximum atomic E-state index is 12.3. The van der Waals surface area contributed by atoms with Gasteiger partial charge in [0.25, 0.3) is 0 Å². The zero-order valence-corrected chi connectivity index (χ0v) is 10.7. The molecular weight excluding hydrogens is 285 g/mol. The van der Waals surface area contributed by atoms with E-state index in [0.29, 0.717) is 10.7 Å². The molecule has 0 aromatic carbocycles. The van der Waals surface area contributed by atoms with Gasteiger partial charge in [-0.1, -0.05) is 0 Å². The molecule has 1 heterocycles. The van der Waals surface area contributed by atoms with Gasteiger partial charge in [-0.3, -0.25) is 9.59 Å². The van der Waals surface area contributed by atoms with Gasteiger partial charge in [-0.05, 0) is 6.92 Å². The summed E-state index contributed by atoms with van der Waals surface area (Å²) >= 11 is 1.26. The molecule has 0 atom stereocenters. The number of carbonyl (C=O) groups is 2. The summed E-state index contributed by atoms with van der Waals surface area (Å²) in [6.07, 6.45) is -4.98. The van der Waals surface area contributed by atoms with E-state index in [9.17, 15) is 22.8 Å². The highest BCUT2D eigenvalue weighted by Crippen LogP contribution is 2.17. The van der Waals surface area contributed by atoms with E-state index in [1.54, 1.807) is 12.3 Å². The molecule has 0 fully saturated rings. The molecular formula is C10H11F3N2O3S. The summed E-state index contributed by atoms with van der Waals surface area (Å²) < 4.78 is 36.8. The van der Waals surface area contributed by atoms with Gasteiger partial charge in [-0.15, -0.1) is 11.3 Å². The molecule has 19 heavy (non-hydrogen) atoms. The van der Waals surface area contributed by atoms with Crippen LogP contribution in [0, 0.1) is 6.92 Å². The first-order valence-electron chi connectivity index (χ1n) is 5.14. The van der Waals surface area contributed by atoms with E-state index in [4.69, 9.17) is 5.11 Å². The molecule has 1 rings (SSSR count). The molecule has 0 spiro atoms. The Hall–Kier alpha value is -1.64. The predicted molar refractivity (Wildman–Crippen MR) is 60.8 cm³/mol. The fourth-order valence-electron chi connectivity index (χ4n) is 1.37. The molecule has 0 bridgehead atoms. The van der Waals surface area contributed by atoms with E-state index in [-0.39, 0.29) is 11.3 Å². The average Bonchev–Trinajstić information content (AvgIpc) is 2.60. The van der Waals surface area contributed by atoms with Crippen LogP contribution in [0.5, 0.6) is 0 Å². The summed E-state index contributed by atoms with van der Waals surface area (Å²) in [7, 11) is 0. The highest BCUT2D eigenvalue weighted by atomic mass is 32.1. The second kappa shape index (κ2) is 6.00. The summed E-state index contributed by atoms with van der Waals surface area (Å²) in [5, 5.41) is 10.8. The molecule has 1 aromatic rings. The van der Waals surface area contributed by atoms with Crippen LogP contribution in [-0.2, 0) is 16.0 Å². The zero-order valence-electron chi connectivity index (χ0n) is 9.90. The number of hydrogen-bond donors (Lipinski definition) is 1. The lowest BCUT2D eigenvalue weighted by Gasteiger charge is -2.21. The maximum Gasteiger partial charge on any atom is 0.406 e. The number of thiazole rings is 1. The van der Waals surface area contributed by atoms with E-state index >= 15 is 0 Å². The number of halogens is 3. The zero-order chi connectivity index (χ0) is 14.6. The fraction of sp³-hybridized carbons (Fsp3) is 0.500. The first-order valence-corrected chi connectivity index (χ1v) is 6.02. The second-order valence-electron chi connectivity index (χ2n) is 3.79. The third-order valence-electron chi connectivity index (χ3n) is 2.05. The van der Waals surface area contributed by atoms with Crippen LogP contribution in [0.15, 0.2) is 5.38 Å². The van der Waals surface area contributed by atoms with Crippen LogP contribution in [-0.4, -0.2) is 46.1 Å². The van der Waals surface area contributed by atoms with Crippen molar-refractivity contribution in [3.05, 3.63) is 16.1 Å². The van der Waals surface area contributed by atoms with Crippen molar-refractivity contribution in [2.45, 2.75) is 19.5 Å². The monoisotopic (exact) mass is 296 g/mol. The van der Waals surface area contributed by atoms with Gasteiger partial charge >= 0.3 is 12.1 Å². The van der Waals surface area contributed by atoms with E-state index in [1.807, 2.05) is 0 Å². The Kier molecular flexibility index (Phi) is 4.87. The number of carboxylic acid groups (broad SMARTS) is 1. The normalized spacial score (nSPS) is 11.4. The van der Waals surface area contributed by atoms with Crippen LogP contribution < -0.4 is 0 Å². The van der Waals surface area contributed by atoms with Crippen molar-refractivity contribution in [2.75, 3.05) is 13.1 Å². The molecule has 106 valence electrons. The minimum Gasteiger partial charge on any atom is -0.480 e. The highest BCUT2D eigenvalue weighted by molar-refractivity contribution is 7.09. The van der Waals surface area contributed by atoms with Gasteiger partial charge in [0.05, 0.1) is 17.1 Å². The molecule has 1 N–H and O–H groups in total. The number of aryl methyl sites for hydroxylation is 1. The fourth-order valence-corrected chi connectivity index (χ4v) is 1.98. The number of aromatic nitrogens is 1. The highest BCUT2D eigenvalue weighted by Gasteiger charge is 2.34. The number of rotatable bonds is 5. The van der Waals surface area contributed by atoms with Crippen LogP contribution >= 0.6 is 11.3 Å². The van der Waals surface area contributed by atoms with E-state index in [0.717, 1.165) is 0 Å². The summed E-state index contributed by atoms with van der Waals surface area (Å²) in [6, 6.07) is 0. The van der Waals surface area contributed by atoms with Gasteiger partial charge in [0.15, 0.2) is 0 Å². The lowest BCUT2D eigenvalue weighted by atomic mass is 10.3. The van der Waals surface area contributed by atoms with Gasteiger partial charge in [0, 0.05) is 5.38 Å². The van der Waals surface area contributed by atoms with Crippen LogP contribution in [0.3, 0.4) is 0 Å². The number of amides is 1. The lowest BCUT2D eigenvalue weighted by molar-refractivity contribution is -0.165. The Morgan fingerprint density at radius 2 is 2.11 bits per heavy atom. The summed E-state index contributed by atoms with van der Waals surface area (Å²) in [5.74, 6) is -2.41. The number of carbonyl (C=O) groups excluding carboxylic acids is 1. The third kappa shape index (κ3) is 5.69. The lowest BCUT2D eigenvalue weighted by Crippen LogP contribution is -2.42. The summed E-state index contributed by atoms with van der Waals surface area (Å²) in [6.45, 7) is -0.869. The van der Waals surface area contributed by atoms with Crippen molar-refractivity contribution in [3.8, 4) is 0 Å². The Morgan fingerprint density at radius 3 is 2.53 bits per heavy atom. The van der Waals surface area contributed by atoms with Crippen LogP contribution in [0.1, 0.15) is 10.7 Å². The van der Waals surface area contributed by atoms with Crippen molar-refractivity contribution < 1.29 is 27.9 Å². The molecule has 5 nitrogen and oxygen atoms in total. The Bertz CT molecular complexity index is 473. The van der Waals surface area contributed by atoms with Gasteiger partial charge in [-0.25, -0.2) is 4.98 Å². The standard InChI is InChI=1S/C10H11F3N2O3S/c1-6-14-7(4-19-6)2-8(16)15(3-9(17)18)5-10(11,12)13/h4H,2-3,5H2,1H3,(H,17,18). The van der Waals surface area contributed by atoms with Crippen molar-refractivity contribution in [1.29, 1.82) is 0 Å². The molecule has 0 aliphatic rings. The van der Waals surface area contributed by atoms with Crippen molar-refractivity contribution in [1.82, 2.24) is 9.88 Å². The van der Waals surface area contributed by atoms with E-state index < -0.39 is 31.1 Å². The number of alkyl halides is 3. The molecule has 9 heteroatoms. The molecule has 0 unspecified atom stereocenters. The SMILES string of the molecule is Cc1nc(CC(=O)N(CC(=O)O)CC(F)(F)F)cs1. The van der Waals surface area contributed by atoms with Crippen molar-refractivity contribution >= 4 is 23.2 Å². The Morgan fingerprint density at radius 1 is 1.47 bits per heavy atom. The molecule has 0 radical (unpaired) electrons. The van der Waals surface area contributed by atoms with E-state index in [1.165, 1.54) is 11.3 Å². The molecule has 0 aliphatic carbocycles. The maximum absolute atomic E-state index is 12.3. The minimum atomic E-state index is -4.64. The Labute approximate surface area is 110 Å². The largest absolute Gasteiger partial charge is 0.480 e. The van der Waals surface area contributed by atoms with Gasteiger partial charge < -0.3 is 10.0 Å². The first kappa shape index (κ1) is 15.4. The van der Waals surface area contributed by atoms with Gasteiger partial charge in [0.2, 0.25) is 5.91 Å². The van der Waals surface area contributed by atoms with Crippen LogP contribution in [0.4, 0.5) is 13.2 Å². The Balaban J connectivity index is 2.73. The van der Waals surface area contributed by atoms with Crippen molar-refractivity contribution in [3.63, 3.8) is 0 Å². The smallest absolute Gasteiger partial charge is 0.406 e. The topological polar surface area (TPSA) is 70.5 Å². The average molecular weight is 296 g/mol. The van der Waals surface area contributed by atoms with E-state index in [2.05, 4.69) is 4.98 Å². The number of hydrogen-bond acceptors (Lipinski definition) is 4. The third-order valence-corrected chi connectivity index (χ3v) is 2.87. The minimum absolute atomic E-state index is 0.261. The quantitative estimate of drug-likeness (QED) is 0.893. The molecule has 0 aliphatic heterocycles. The summed E-state index contributed by atoms with van der Waals surface area (Å²) in [4.78, 5) is 26.4. The van der Waals surface area contributed by atoms with Crippen LogP contribution in [0.2, 0.25) is 0 Å². The first-order chi connectivity index (χ1) is 8.67. The van der Waals surface area contributed by atoms with Gasteiger partial charge in [0.1, 0.15) is 13.1 Å². The molecule has 1 amide bonds. The van der Waals surface area contributed by atoms with Crippen molar-refractivity contribution in [2.24, 2.45) is 0 Å². The number of aliphatic carboxylic acids is 1. The molecule has 0 saturated heterocycles. The molecule has 1 aromatic heterocycles. The number of carboxylic acids is 1.